The van der Waals surface area contributed by atoms with Gasteiger partial charge in [-0.05, 0) is 76.2 Å². The Labute approximate surface area is 178 Å². The molecule has 30 heavy (non-hydrogen) atoms. The van der Waals surface area contributed by atoms with Gasteiger partial charge >= 0.3 is 0 Å². The summed E-state index contributed by atoms with van der Waals surface area (Å²) in [4.78, 5) is 44.2. The molecule has 0 radical (unpaired) electrons. The fourth-order valence-corrected chi connectivity index (χ4v) is 4.72. The lowest BCUT2D eigenvalue weighted by molar-refractivity contribution is -0.123. The van der Waals surface area contributed by atoms with Gasteiger partial charge in [-0.1, -0.05) is 12.1 Å². The number of thioether (sulfide) groups is 1. The van der Waals surface area contributed by atoms with Crippen LogP contribution in [-0.2, 0) is 4.79 Å². The second kappa shape index (κ2) is 7.28. The molecule has 1 aliphatic rings. The molecule has 0 N–H and O–H groups in total. The number of imide groups is 1. The molecule has 2 amide bonds. The minimum Gasteiger partial charge on any atom is -0.268 e. The highest BCUT2D eigenvalue weighted by Crippen LogP contribution is 2.34. The number of aryl methyl sites for hydroxylation is 2. The maximum absolute atomic E-state index is 13.2. The van der Waals surface area contributed by atoms with E-state index in [0.29, 0.717) is 21.6 Å². The molecular weight excluding hydrogens is 400 g/mol. The van der Waals surface area contributed by atoms with E-state index in [1.54, 1.807) is 28.4 Å². The van der Waals surface area contributed by atoms with Crippen molar-refractivity contribution in [3.63, 3.8) is 0 Å². The molecule has 2 aromatic heterocycles. The lowest BCUT2D eigenvalue weighted by Crippen LogP contribution is -2.34. The van der Waals surface area contributed by atoms with Gasteiger partial charge in [0.25, 0.3) is 16.7 Å². The summed E-state index contributed by atoms with van der Waals surface area (Å²) < 4.78 is 3.35. The van der Waals surface area contributed by atoms with Crippen molar-refractivity contribution in [2.45, 2.75) is 40.7 Å². The molecule has 1 saturated heterocycles. The first-order valence-corrected chi connectivity index (χ1v) is 10.5. The molecule has 1 aromatic carbocycles. The first kappa shape index (κ1) is 20.2. The Bertz CT molecular complexity index is 1300. The van der Waals surface area contributed by atoms with Gasteiger partial charge in [0.2, 0.25) is 0 Å². The van der Waals surface area contributed by atoms with Crippen molar-refractivity contribution in [1.29, 1.82) is 0 Å². The van der Waals surface area contributed by atoms with E-state index in [1.807, 2.05) is 52.0 Å². The highest BCUT2D eigenvalue weighted by Gasteiger charge is 2.36. The second-order valence-corrected chi connectivity index (χ2v) is 8.57. The highest BCUT2D eigenvalue weighted by molar-refractivity contribution is 8.18. The number of carbonyl (C=O) groups is 2. The van der Waals surface area contributed by atoms with Gasteiger partial charge in [-0.3, -0.25) is 24.0 Å². The number of nitrogens with zero attached hydrogens (tertiary/aromatic N) is 4. The van der Waals surface area contributed by atoms with Crippen LogP contribution < -0.4 is 5.56 Å². The van der Waals surface area contributed by atoms with Gasteiger partial charge in [-0.2, -0.15) is 4.68 Å². The molecule has 4 rings (SSSR count). The average molecular weight is 423 g/mol. The first-order chi connectivity index (χ1) is 14.2. The fourth-order valence-electron chi connectivity index (χ4n) is 3.77. The molecule has 1 fully saturated rings. The van der Waals surface area contributed by atoms with Crippen LogP contribution in [0.5, 0.6) is 0 Å². The molecule has 1 aliphatic heterocycles. The quantitative estimate of drug-likeness (QED) is 0.599. The van der Waals surface area contributed by atoms with E-state index in [9.17, 15) is 14.4 Å². The van der Waals surface area contributed by atoms with Gasteiger partial charge in [-0.15, -0.1) is 0 Å². The summed E-state index contributed by atoms with van der Waals surface area (Å²) in [5.41, 5.74) is 2.88. The van der Waals surface area contributed by atoms with Crippen molar-refractivity contribution < 1.29 is 9.59 Å². The molecule has 7 nitrogen and oxygen atoms in total. The number of aromatic nitrogens is 3. The van der Waals surface area contributed by atoms with Gasteiger partial charge < -0.3 is 0 Å². The van der Waals surface area contributed by atoms with Gasteiger partial charge in [0, 0.05) is 17.4 Å². The second-order valence-electron chi connectivity index (χ2n) is 7.58. The minimum absolute atomic E-state index is 0.161. The van der Waals surface area contributed by atoms with Crippen LogP contribution in [0.3, 0.4) is 0 Å². The van der Waals surface area contributed by atoms with E-state index >= 15 is 0 Å². The maximum Gasteiger partial charge on any atom is 0.293 e. The minimum atomic E-state index is -0.287. The predicted molar refractivity (Wildman–Crippen MR) is 118 cm³/mol. The molecule has 0 atom stereocenters. The van der Waals surface area contributed by atoms with Gasteiger partial charge in [0.1, 0.15) is 5.82 Å². The summed E-state index contributed by atoms with van der Waals surface area (Å²) in [6.07, 6.45) is 1.72. The van der Waals surface area contributed by atoms with Gasteiger partial charge in [0.05, 0.1) is 15.8 Å². The largest absolute Gasteiger partial charge is 0.293 e. The highest BCUT2D eigenvalue weighted by atomic mass is 32.2. The van der Waals surface area contributed by atoms with Crippen molar-refractivity contribution >= 4 is 39.9 Å². The lowest BCUT2D eigenvalue weighted by atomic mass is 10.2. The smallest absolute Gasteiger partial charge is 0.268 e. The zero-order chi connectivity index (χ0) is 21.7. The van der Waals surface area contributed by atoms with Crippen LogP contribution >= 0.6 is 11.8 Å². The molecule has 0 saturated carbocycles. The molecule has 0 unspecified atom stereocenters. The van der Waals surface area contributed by atoms with Crippen molar-refractivity contribution in [3.8, 4) is 0 Å². The van der Waals surface area contributed by atoms with Crippen molar-refractivity contribution in [2.75, 3.05) is 0 Å². The molecule has 154 valence electrons. The van der Waals surface area contributed by atoms with Crippen LogP contribution in [0, 0.1) is 20.8 Å². The SMILES string of the molecule is Cc1cc(C=C2SC(=O)N(C(C)C)C2=O)c(C)n1-n1c(C)nc2ccccc2c1=O. The zero-order valence-electron chi connectivity index (χ0n) is 17.5. The molecule has 0 bridgehead atoms. The summed E-state index contributed by atoms with van der Waals surface area (Å²) in [6, 6.07) is 8.96. The average Bonchev–Trinajstić information content (AvgIpc) is 3.11. The van der Waals surface area contributed by atoms with Crippen LogP contribution in [0.15, 0.2) is 40.0 Å². The number of hydrogen-bond acceptors (Lipinski definition) is 5. The maximum atomic E-state index is 13.2. The molecule has 0 aliphatic carbocycles. The fraction of sp³-hybridized carbons (Fsp3) is 0.273. The molecule has 3 aromatic rings. The number of fused-ring (bicyclic) bond motifs is 1. The normalized spacial score (nSPS) is 15.9. The van der Waals surface area contributed by atoms with E-state index in [4.69, 9.17) is 0 Å². The Morgan fingerprint density at radius 2 is 1.73 bits per heavy atom. The number of rotatable bonds is 3. The van der Waals surface area contributed by atoms with Gasteiger partial charge in [-0.25, -0.2) is 4.98 Å². The molecular formula is C22H22N4O3S. The third-order valence-electron chi connectivity index (χ3n) is 5.18. The van der Waals surface area contributed by atoms with Gasteiger partial charge in [0.15, 0.2) is 0 Å². The van der Waals surface area contributed by atoms with Crippen molar-refractivity contribution in [1.82, 2.24) is 19.2 Å². The number of benzene rings is 1. The standard InChI is InChI=1S/C22H22N4O3S/c1-12(2)24-21(28)19(30-22(24)29)11-16-10-13(3)25(14(16)4)26-15(5)23-18-9-7-6-8-17(18)20(26)27/h6-12H,1-5H3. The van der Waals surface area contributed by atoms with Crippen LogP contribution in [0.1, 0.15) is 36.6 Å². The monoisotopic (exact) mass is 422 g/mol. The summed E-state index contributed by atoms with van der Waals surface area (Å²) in [5, 5.41) is 0.274. The van der Waals surface area contributed by atoms with Crippen LogP contribution in [0.2, 0.25) is 0 Å². The Hall–Kier alpha value is -3.13. The number of hydrogen-bond donors (Lipinski definition) is 0. The summed E-state index contributed by atoms with van der Waals surface area (Å²) in [7, 11) is 0. The Balaban J connectivity index is 1.86. The van der Waals surface area contributed by atoms with E-state index < -0.39 is 0 Å². The predicted octanol–water partition coefficient (Wildman–Crippen LogP) is 3.88. The van der Waals surface area contributed by atoms with E-state index in [-0.39, 0.29) is 22.7 Å². The molecule has 0 spiro atoms. The molecule has 3 heterocycles. The first-order valence-electron chi connectivity index (χ1n) is 9.65. The van der Waals surface area contributed by atoms with Crippen molar-refractivity contribution in [2.24, 2.45) is 0 Å². The number of carbonyl (C=O) groups excluding carboxylic acids is 2. The Kier molecular flexibility index (Phi) is 4.89. The summed E-state index contributed by atoms with van der Waals surface area (Å²) in [6.45, 7) is 9.19. The lowest BCUT2D eigenvalue weighted by Gasteiger charge is -2.16. The zero-order valence-corrected chi connectivity index (χ0v) is 18.3. The summed E-state index contributed by atoms with van der Waals surface area (Å²) in [5.74, 6) is 0.276. The Morgan fingerprint density at radius 1 is 1.03 bits per heavy atom. The third kappa shape index (κ3) is 3.08. The number of amides is 2. The van der Waals surface area contributed by atoms with Crippen LogP contribution in [0.25, 0.3) is 17.0 Å². The summed E-state index contributed by atoms with van der Waals surface area (Å²) >= 11 is 0.941. The van der Waals surface area contributed by atoms with E-state index in [2.05, 4.69) is 4.98 Å². The van der Waals surface area contributed by atoms with E-state index in [1.165, 1.54) is 4.90 Å². The van der Waals surface area contributed by atoms with Crippen LogP contribution in [0.4, 0.5) is 4.79 Å². The van der Waals surface area contributed by atoms with Crippen molar-refractivity contribution in [3.05, 3.63) is 68.4 Å². The topological polar surface area (TPSA) is 77.2 Å². The van der Waals surface area contributed by atoms with E-state index in [0.717, 1.165) is 28.7 Å². The third-order valence-corrected chi connectivity index (χ3v) is 6.06. The van der Waals surface area contributed by atoms with Crippen LogP contribution in [-0.4, -0.2) is 36.4 Å². The Morgan fingerprint density at radius 3 is 2.40 bits per heavy atom. The number of para-hydroxylation sites is 1. The molecule has 8 heteroatoms.